The Morgan fingerprint density at radius 3 is 2.70 bits per heavy atom. The van der Waals surface area contributed by atoms with Gasteiger partial charge in [-0.25, -0.2) is 4.98 Å². The Morgan fingerprint density at radius 1 is 1.17 bits per heavy atom. The lowest BCUT2D eigenvalue weighted by molar-refractivity contribution is 0.0375. The zero-order chi connectivity index (χ0) is 21.3. The maximum atomic E-state index is 6.48. The molecule has 30 heavy (non-hydrogen) atoms. The number of nitrogens with zero attached hydrogens (tertiary/aromatic N) is 5. The highest BCUT2D eigenvalue weighted by atomic mass is 35.5. The van der Waals surface area contributed by atoms with Crippen molar-refractivity contribution < 1.29 is 4.74 Å². The van der Waals surface area contributed by atoms with E-state index in [2.05, 4.69) is 26.0 Å². The van der Waals surface area contributed by atoms with E-state index < -0.39 is 0 Å². The Hall–Kier alpha value is -1.93. The molecule has 3 aromatic heterocycles. The summed E-state index contributed by atoms with van der Waals surface area (Å²) in [6.45, 7) is 9.10. The predicted molar refractivity (Wildman–Crippen MR) is 120 cm³/mol. The molecule has 1 saturated heterocycles. The number of fused-ring (bicyclic) bond motifs is 1. The van der Waals surface area contributed by atoms with Crippen LogP contribution >= 0.6 is 23.2 Å². The van der Waals surface area contributed by atoms with Gasteiger partial charge in [0.15, 0.2) is 0 Å². The molecular weight excluding hydrogens is 423 g/mol. The first-order valence-electron chi connectivity index (χ1n) is 10.2. The van der Waals surface area contributed by atoms with Crippen LogP contribution in [0.1, 0.15) is 28.8 Å². The summed E-state index contributed by atoms with van der Waals surface area (Å²) in [6, 6.07) is 0. The van der Waals surface area contributed by atoms with Crippen molar-refractivity contribution in [3.05, 3.63) is 45.0 Å². The second-order valence-electron chi connectivity index (χ2n) is 7.74. The van der Waals surface area contributed by atoms with Gasteiger partial charge in [-0.05, 0) is 49.9 Å². The van der Waals surface area contributed by atoms with Gasteiger partial charge in [-0.3, -0.25) is 9.88 Å². The maximum absolute atomic E-state index is 6.48. The molecular formula is C21H26Cl2N6O. The fraction of sp³-hybridized carbons (Fsp3) is 0.476. The van der Waals surface area contributed by atoms with Gasteiger partial charge in [0.05, 0.1) is 30.8 Å². The molecule has 1 aliphatic rings. The van der Waals surface area contributed by atoms with Crippen molar-refractivity contribution in [3.8, 4) is 0 Å². The maximum Gasteiger partial charge on any atom is 0.223 e. The summed E-state index contributed by atoms with van der Waals surface area (Å²) in [5.74, 6) is 0.165. The van der Waals surface area contributed by atoms with E-state index in [9.17, 15) is 0 Å². The van der Waals surface area contributed by atoms with E-state index >= 15 is 0 Å². The molecule has 3 aromatic rings. The topological polar surface area (TPSA) is 82.1 Å². The van der Waals surface area contributed by atoms with Gasteiger partial charge >= 0.3 is 0 Å². The summed E-state index contributed by atoms with van der Waals surface area (Å²) in [5.41, 5.74) is 10.6. The number of anilines is 1. The number of aryl methyl sites for hydroxylation is 2. The third-order valence-electron chi connectivity index (χ3n) is 5.63. The monoisotopic (exact) mass is 448 g/mol. The van der Waals surface area contributed by atoms with Crippen LogP contribution < -0.4 is 5.73 Å². The molecule has 0 aromatic carbocycles. The summed E-state index contributed by atoms with van der Waals surface area (Å²) in [4.78, 5) is 15.7. The first-order valence-corrected chi connectivity index (χ1v) is 10.9. The van der Waals surface area contributed by atoms with E-state index in [0.717, 1.165) is 84.1 Å². The van der Waals surface area contributed by atoms with Crippen molar-refractivity contribution in [1.29, 1.82) is 0 Å². The third-order valence-corrected chi connectivity index (χ3v) is 6.49. The molecule has 0 radical (unpaired) electrons. The molecule has 4 heterocycles. The molecule has 7 nitrogen and oxygen atoms in total. The number of hydrogen-bond acceptors (Lipinski definition) is 6. The normalized spacial score (nSPS) is 15.2. The van der Waals surface area contributed by atoms with E-state index in [1.807, 2.05) is 18.4 Å². The molecule has 2 N–H and O–H groups in total. The highest BCUT2D eigenvalue weighted by molar-refractivity contribution is 6.34. The fourth-order valence-electron chi connectivity index (χ4n) is 3.94. The minimum absolute atomic E-state index is 0.165. The second kappa shape index (κ2) is 9.06. The zero-order valence-corrected chi connectivity index (χ0v) is 18.8. The van der Waals surface area contributed by atoms with Gasteiger partial charge < -0.3 is 15.0 Å². The van der Waals surface area contributed by atoms with Gasteiger partial charge in [0.25, 0.3) is 0 Å². The summed E-state index contributed by atoms with van der Waals surface area (Å²) < 4.78 is 7.47. The molecule has 0 aliphatic carbocycles. The molecule has 9 heteroatoms. The summed E-state index contributed by atoms with van der Waals surface area (Å²) >= 11 is 12.9. The summed E-state index contributed by atoms with van der Waals surface area (Å²) in [5, 5.41) is 2.00. The lowest BCUT2D eigenvalue weighted by atomic mass is 10.1. The van der Waals surface area contributed by atoms with Gasteiger partial charge in [-0.2, -0.15) is 4.98 Å². The third kappa shape index (κ3) is 4.39. The average Bonchev–Trinajstić information content (AvgIpc) is 3.06. The van der Waals surface area contributed by atoms with Gasteiger partial charge in [0.2, 0.25) is 5.95 Å². The van der Waals surface area contributed by atoms with Crippen LogP contribution in [-0.4, -0.2) is 57.3 Å². The number of morpholine rings is 1. The second-order valence-corrected chi connectivity index (χ2v) is 8.47. The van der Waals surface area contributed by atoms with Gasteiger partial charge in [-0.15, -0.1) is 0 Å². The molecule has 0 atom stereocenters. The minimum atomic E-state index is 0.165. The Morgan fingerprint density at radius 2 is 1.93 bits per heavy atom. The first kappa shape index (κ1) is 21.3. The van der Waals surface area contributed by atoms with Crippen LogP contribution in [0.4, 0.5) is 5.95 Å². The van der Waals surface area contributed by atoms with Gasteiger partial charge in [0.1, 0.15) is 10.8 Å². The van der Waals surface area contributed by atoms with Crippen LogP contribution in [0.5, 0.6) is 0 Å². The molecule has 0 saturated carbocycles. The number of ether oxygens (including phenoxy) is 1. The van der Waals surface area contributed by atoms with Crippen molar-refractivity contribution in [3.63, 3.8) is 0 Å². The largest absolute Gasteiger partial charge is 0.379 e. The van der Waals surface area contributed by atoms with Crippen LogP contribution in [-0.2, 0) is 17.7 Å². The highest BCUT2D eigenvalue weighted by Gasteiger charge is 2.18. The number of hydrogen-bond donors (Lipinski definition) is 1. The molecule has 0 amide bonds. The molecule has 0 bridgehead atoms. The molecule has 1 aliphatic heterocycles. The quantitative estimate of drug-likeness (QED) is 0.579. The minimum Gasteiger partial charge on any atom is -0.379 e. The molecule has 0 spiro atoms. The van der Waals surface area contributed by atoms with Gasteiger partial charge in [0, 0.05) is 30.5 Å². The predicted octanol–water partition coefficient (Wildman–Crippen LogP) is 3.65. The smallest absolute Gasteiger partial charge is 0.223 e. The number of aromatic nitrogens is 4. The van der Waals surface area contributed by atoms with Crippen molar-refractivity contribution in [1.82, 2.24) is 24.4 Å². The number of nitrogens with two attached hydrogens (primary N) is 1. The van der Waals surface area contributed by atoms with E-state index in [0.29, 0.717) is 11.7 Å². The van der Waals surface area contributed by atoms with Crippen molar-refractivity contribution in [2.75, 3.05) is 38.6 Å². The number of nitrogen functional groups attached to an aromatic ring is 1. The van der Waals surface area contributed by atoms with E-state index in [-0.39, 0.29) is 5.95 Å². The van der Waals surface area contributed by atoms with E-state index in [4.69, 9.17) is 33.7 Å². The number of pyridine rings is 1. The van der Waals surface area contributed by atoms with Crippen LogP contribution in [0.2, 0.25) is 10.2 Å². The Labute approximate surface area is 186 Å². The number of halogens is 2. The van der Waals surface area contributed by atoms with Gasteiger partial charge in [-0.1, -0.05) is 23.2 Å². The molecule has 1 fully saturated rings. The lowest BCUT2D eigenvalue weighted by Crippen LogP contribution is -2.36. The van der Waals surface area contributed by atoms with Crippen LogP contribution in [0.25, 0.3) is 11.0 Å². The van der Waals surface area contributed by atoms with E-state index in [1.165, 1.54) is 0 Å². The lowest BCUT2D eigenvalue weighted by Gasteiger charge is -2.26. The van der Waals surface area contributed by atoms with Crippen molar-refractivity contribution in [2.45, 2.75) is 33.2 Å². The zero-order valence-electron chi connectivity index (χ0n) is 17.3. The SMILES string of the molecule is Cc1cnc(Cn2cc(CCCN3CCOCC3)c3c(Cl)nc(N)nc32)c(C)c1Cl. The molecule has 4 rings (SSSR count). The van der Waals surface area contributed by atoms with E-state index in [1.54, 1.807) is 6.20 Å². The van der Waals surface area contributed by atoms with Crippen LogP contribution in [0.15, 0.2) is 12.4 Å². The highest BCUT2D eigenvalue weighted by Crippen LogP contribution is 2.30. The van der Waals surface area contributed by atoms with Crippen LogP contribution in [0.3, 0.4) is 0 Å². The van der Waals surface area contributed by atoms with Crippen molar-refractivity contribution >= 4 is 40.2 Å². The Kier molecular flexibility index (Phi) is 6.43. The summed E-state index contributed by atoms with van der Waals surface area (Å²) in [6.07, 6.45) is 5.80. The number of rotatable bonds is 6. The average molecular weight is 449 g/mol. The van der Waals surface area contributed by atoms with Crippen molar-refractivity contribution in [2.24, 2.45) is 0 Å². The first-order chi connectivity index (χ1) is 14.4. The molecule has 160 valence electrons. The fourth-order valence-corrected chi connectivity index (χ4v) is 4.39. The molecule has 0 unspecified atom stereocenters. The Balaban J connectivity index is 1.62. The summed E-state index contributed by atoms with van der Waals surface area (Å²) in [7, 11) is 0. The van der Waals surface area contributed by atoms with Crippen LogP contribution in [0, 0.1) is 13.8 Å². The Bertz CT molecular complexity index is 1060. The standard InChI is InChI=1S/C21H26Cl2N6O/c1-13-10-25-16(14(2)18(13)22)12-29-11-15(4-3-5-28-6-8-30-9-7-28)17-19(23)26-21(24)27-20(17)29/h10-11H,3-9,12H2,1-2H3,(H2,24,26,27).